The van der Waals surface area contributed by atoms with E-state index in [1.54, 1.807) is 24.3 Å². The number of nitro groups is 1. The van der Waals surface area contributed by atoms with E-state index in [0.717, 1.165) is 22.0 Å². The number of aryl methyl sites for hydroxylation is 1. The van der Waals surface area contributed by atoms with E-state index in [-0.39, 0.29) is 17.2 Å². The summed E-state index contributed by atoms with van der Waals surface area (Å²) < 4.78 is 0. The molecule has 0 aromatic heterocycles. The molecule has 0 N–H and O–H groups in total. The van der Waals surface area contributed by atoms with E-state index in [0.29, 0.717) is 18.4 Å². The predicted molar refractivity (Wildman–Crippen MR) is 121 cm³/mol. The number of amides is 3. The number of ketones is 1. The van der Waals surface area contributed by atoms with E-state index in [9.17, 15) is 29.3 Å². The number of fused-ring (bicyclic) bond motifs is 1. The van der Waals surface area contributed by atoms with Gasteiger partial charge in [0.2, 0.25) is 0 Å². The van der Waals surface area contributed by atoms with E-state index in [2.05, 4.69) is 0 Å². The first-order valence-electron chi connectivity index (χ1n) is 11.2. The first-order valence-corrected chi connectivity index (χ1v) is 11.2. The highest BCUT2D eigenvalue weighted by atomic mass is 16.6. The number of carbonyl (C=O) groups excluding carboxylic acids is 4. The number of carbonyl (C=O) groups is 4. The van der Waals surface area contributed by atoms with Crippen molar-refractivity contribution in [1.82, 2.24) is 10.0 Å². The number of imide groups is 1. The van der Waals surface area contributed by atoms with Crippen LogP contribution in [0.3, 0.4) is 0 Å². The van der Waals surface area contributed by atoms with Crippen molar-refractivity contribution in [2.24, 2.45) is 17.8 Å². The van der Waals surface area contributed by atoms with E-state index in [1.165, 1.54) is 24.3 Å². The van der Waals surface area contributed by atoms with Crippen LogP contribution in [-0.4, -0.2) is 45.0 Å². The second kappa shape index (κ2) is 9.17. The van der Waals surface area contributed by atoms with Crippen molar-refractivity contribution in [3.8, 4) is 0 Å². The molecule has 0 bridgehead atoms. The summed E-state index contributed by atoms with van der Waals surface area (Å²) in [5.41, 5.74) is 1.13. The number of hydrogen-bond donors (Lipinski definition) is 0. The lowest BCUT2D eigenvalue weighted by Gasteiger charge is -2.30. The Bertz CT molecular complexity index is 1160. The monoisotopic (exact) mass is 463 g/mol. The molecule has 4 rings (SSSR count). The minimum atomic E-state index is -0.747. The van der Waals surface area contributed by atoms with Gasteiger partial charge in [-0.3, -0.25) is 29.3 Å². The molecule has 2 aliphatic rings. The van der Waals surface area contributed by atoms with Gasteiger partial charge in [-0.2, -0.15) is 5.01 Å². The highest BCUT2D eigenvalue weighted by Gasteiger charge is 2.52. The molecular formula is C25H25N3O6. The maximum absolute atomic E-state index is 13.5. The Morgan fingerprint density at radius 1 is 0.971 bits per heavy atom. The highest BCUT2D eigenvalue weighted by Crippen LogP contribution is 2.41. The molecule has 2 fully saturated rings. The molecule has 176 valence electrons. The number of hydrazine groups is 1. The third kappa shape index (κ3) is 4.33. The molecule has 1 aliphatic carbocycles. The van der Waals surface area contributed by atoms with Crippen molar-refractivity contribution < 1.29 is 24.1 Å². The normalized spacial score (nSPS) is 21.8. The van der Waals surface area contributed by atoms with Gasteiger partial charge in [0.25, 0.3) is 23.4 Å². The largest absolute Gasteiger partial charge is 0.292 e. The SMILES string of the molecule is Cc1ccc(C(=O)CN(C(=O)c2ccc([N+](=O)[O-])cc2)N2C(=O)[C@H]3C[C@H](C)CC[C@H]3C2=O)cc1. The smallest absolute Gasteiger partial charge is 0.273 e. The number of non-ortho nitro benzene ring substituents is 1. The fourth-order valence-electron chi connectivity index (χ4n) is 4.68. The Kier molecular flexibility index (Phi) is 6.28. The Morgan fingerprint density at radius 3 is 2.18 bits per heavy atom. The number of rotatable bonds is 6. The van der Waals surface area contributed by atoms with Crippen LogP contribution in [0.25, 0.3) is 0 Å². The summed E-state index contributed by atoms with van der Waals surface area (Å²) in [4.78, 5) is 63.4. The Morgan fingerprint density at radius 2 is 1.56 bits per heavy atom. The van der Waals surface area contributed by atoms with Crippen molar-refractivity contribution in [2.75, 3.05) is 6.54 Å². The molecule has 9 heteroatoms. The first-order chi connectivity index (χ1) is 16.2. The van der Waals surface area contributed by atoms with Crippen molar-refractivity contribution in [3.63, 3.8) is 0 Å². The van der Waals surface area contributed by atoms with Crippen molar-refractivity contribution in [1.29, 1.82) is 0 Å². The molecule has 1 saturated heterocycles. The van der Waals surface area contributed by atoms with Gasteiger partial charge in [-0.25, -0.2) is 5.01 Å². The number of nitro benzene ring substituents is 1. The molecule has 0 radical (unpaired) electrons. The zero-order chi connectivity index (χ0) is 24.6. The fraction of sp³-hybridized carbons (Fsp3) is 0.360. The van der Waals surface area contributed by atoms with E-state index < -0.39 is 46.8 Å². The van der Waals surface area contributed by atoms with Crippen LogP contribution in [0.15, 0.2) is 48.5 Å². The third-order valence-electron chi connectivity index (χ3n) is 6.63. The van der Waals surface area contributed by atoms with Gasteiger partial charge in [0, 0.05) is 23.3 Å². The lowest BCUT2D eigenvalue weighted by molar-refractivity contribution is -0.384. The number of nitrogens with zero attached hydrogens (tertiary/aromatic N) is 3. The molecule has 2 aromatic rings. The van der Waals surface area contributed by atoms with Crippen LogP contribution in [0, 0.1) is 34.8 Å². The zero-order valence-corrected chi connectivity index (χ0v) is 19.0. The summed E-state index contributed by atoms with van der Waals surface area (Å²) in [6.45, 7) is 3.39. The lowest BCUT2D eigenvalue weighted by Crippen LogP contribution is -2.52. The van der Waals surface area contributed by atoms with Gasteiger partial charge < -0.3 is 0 Å². The van der Waals surface area contributed by atoms with Crippen LogP contribution >= 0.6 is 0 Å². The average molecular weight is 463 g/mol. The molecule has 1 heterocycles. The maximum atomic E-state index is 13.5. The van der Waals surface area contributed by atoms with Crippen molar-refractivity contribution >= 4 is 29.2 Å². The van der Waals surface area contributed by atoms with Crippen molar-refractivity contribution in [3.05, 3.63) is 75.3 Å². The van der Waals surface area contributed by atoms with Gasteiger partial charge in [-0.1, -0.05) is 36.8 Å². The van der Waals surface area contributed by atoms with Gasteiger partial charge in [0.1, 0.15) is 6.54 Å². The second-order valence-corrected chi connectivity index (χ2v) is 9.08. The molecular weight excluding hydrogens is 438 g/mol. The van der Waals surface area contributed by atoms with Gasteiger partial charge in [-0.05, 0) is 44.2 Å². The summed E-state index contributed by atoms with van der Waals surface area (Å²) >= 11 is 0. The Hall–Kier alpha value is -3.88. The highest BCUT2D eigenvalue weighted by molar-refractivity contribution is 6.09. The lowest BCUT2D eigenvalue weighted by atomic mass is 9.76. The Balaban J connectivity index is 1.68. The predicted octanol–water partition coefficient (Wildman–Crippen LogP) is 3.56. The van der Waals surface area contributed by atoms with Crippen LogP contribution in [0.4, 0.5) is 5.69 Å². The standard InChI is InChI=1S/C25H25N3O6/c1-15-3-6-17(7-4-15)22(29)14-26(23(30)18-8-10-19(11-9-18)28(33)34)27-24(31)20-12-5-16(2)13-21(20)25(27)32/h3-4,6-11,16,20-21H,5,12-14H2,1-2H3/t16-,20-,21+/m1/s1. The van der Waals surface area contributed by atoms with Crippen LogP contribution in [-0.2, 0) is 9.59 Å². The number of benzene rings is 2. The molecule has 1 saturated carbocycles. The average Bonchev–Trinajstić information content (AvgIpc) is 3.06. The fourth-order valence-corrected chi connectivity index (χ4v) is 4.68. The molecule has 2 aromatic carbocycles. The first kappa shape index (κ1) is 23.3. The zero-order valence-electron chi connectivity index (χ0n) is 19.0. The van der Waals surface area contributed by atoms with E-state index in [1.807, 2.05) is 13.8 Å². The number of hydrogen-bond acceptors (Lipinski definition) is 6. The minimum absolute atomic E-state index is 0.0335. The summed E-state index contributed by atoms with van der Waals surface area (Å²) in [7, 11) is 0. The summed E-state index contributed by atoms with van der Waals surface area (Å²) in [5.74, 6) is -2.88. The quantitative estimate of drug-likeness (QED) is 0.280. The molecule has 0 spiro atoms. The molecule has 3 amide bonds. The van der Waals surface area contributed by atoms with Crippen molar-refractivity contribution in [2.45, 2.75) is 33.1 Å². The second-order valence-electron chi connectivity index (χ2n) is 9.08. The summed E-state index contributed by atoms with van der Waals surface area (Å²) in [6, 6.07) is 11.6. The Labute approximate surface area is 196 Å². The third-order valence-corrected chi connectivity index (χ3v) is 6.63. The number of Topliss-reactive ketones (excluding diaryl/α,β-unsaturated/α-hetero) is 1. The molecule has 1 aliphatic heterocycles. The maximum Gasteiger partial charge on any atom is 0.273 e. The summed E-state index contributed by atoms with van der Waals surface area (Å²) in [6.07, 6.45) is 1.92. The van der Waals surface area contributed by atoms with E-state index in [4.69, 9.17) is 0 Å². The molecule has 3 atom stereocenters. The van der Waals surface area contributed by atoms with E-state index >= 15 is 0 Å². The van der Waals surface area contributed by atoms with Gasteiger partial charge in [-0.15, -0.1) is 0 Å². The van der Waals surface area contributed by atoms with Gasteiger partial charge >= 0.3 is 0 Å². The van der Waals surface area contributed by atoms with Gasteiger partial charge in [0.05, 0.1) is 16.8 Å². The van der Waals surface area contributed by atoms with Crippen LogP contribution in [0.2, 0.25) is 0 Å². The van der Waals surface area contributed by atoms with Gasteiger partial charge in [0.15, 0.2) is 5.78 Å². The molecule has 9 nitrogen and oxygen atoms in total. The molecule has 0 unspecified atom stereocenters. The van der Waals surface area contributed by atoms with Crippen LogP contribution in [0.1, 0.15) is 52.5 Å². The summed E-state index contributed by atoms with van der Waals surface area (Å²) in [5, 5.41) is 12.7. The topological polar surface area (TPSA) is 118 Å². The minimum Gasteiger partial charge on any atom is -0.292 e. The van der Waals surface area contributed by atoms with Crippen LogP contribution in [0.5, 0.6) is 0 Å². The van der Waals surface area contributed by atoms with Crippen LogP contribution < -0.4 is 0 Å². The molecule has 34 heavy (non-hydrogen) atoms.